The molecule has 0 aliphatic rings. The first-order chi connectivity index (χ1) is 9.97. The lowest BCUT2D eigenvalue weighted by atomic mass is 10.1. The van der Waals surface area contributed by atoms with Crippen molar-refractivity contribution in [2.24, 2.45) is 0 Å². The van der Waals surface area contributed by atoms with E-state index in [4.69, 9.17) is 17.3 Å². The molecule has 0 radical (unpaired) electrons. The van der Waals surface area contributed by atoms with Crippen molar-refractivity contribution >= 4 is 23.2 Å². The Bertz CT molecular complexity index is 636. The number of amides is 1. The Morgan fingerprint density at radius 3 is 2.29 bits per heavy atom. The minimum atomic E-state index is -0.946. The van der Waals surface area contributed by atoms with Crippen LogP contribution in [0.1, 0.15) is 15.9 Å². The summed E-state index contributed by atoms with van der Waals surface area (Å²) in [4.78, 5) is 11.8. The molecule has 0 aliphatic carbocycles. The molecule has 0 heterocycles. The maximum Gasteiger partial charge on any atom is 0.251 e. The van der Waals surface area contributed by atoms with E-state index < -0.39 is 23.2 Å². The molecule has 0 saturated heterocycles. The molecular formula is C15H13ClF2N2O. The van der Waals surface area contributed by atoms with Crippen LogP contribution in [0.3, 0.4) is 0 Å². The van der Waals surface area contributed by atoms with E-state index in [-0.39, 0.29) is 5.56 Å². The smallest absolute Gasteiger partial charge is 0.251 e. The fourth-order valence-corrected chi connectivity index (χ4v) is 1.91. The van der Waals surface area contributed by atoms with Crippen LogP contribution in [0.25, 0.3) is 0 Å². The first-order valence-electron chi connectivity index (χ1n) is 6.24. The van der Waals surface area contributed by atoms with Gasteiger partial charge in [-0.1, -0.05) is 23.7 Å². The number of nitrogens with one attached hydrogen (secondary N) is 1. The maximum atomic E-state index is 13.3. The number of benzene rings is 2. The summed E-state index contributed by atoms with van der Waals surface area (Å²) < 4.78 is 26.5. The number of carbonyl (C=O) groups is 1. The fourth-order valence-electron chi connectivity index (χ4n) is 1.79. The van der Waals surface area contributed by atoms with Gasteiger partial charge < -0.3 is 11.1 Å². The van der Waals surface area contributed by atoms with Crippen molar-refractivity contribution in [2.75, 3.05) is 12.3 Å². The Morgan fingerprint density at radius 1 is 1.14 bits per heavy atom. The molecule has 21 heavy (non-hydrogen) atoms. The predicted molar refractivity (Wildman–Crippen MR) is 78.3 cm³/mol. The van der Waals surface area contributed by atoms with Crippen LogP contribution in [0.4, 0.5) is 14.5 Å². The van der Waals surface area contributed by atoms with Crippen LogP contribution in [-0.2, 0) is 6.42 Å². The van der Waals surface area contributed by atoms with Gasteiger partial charge in [0.25, 0.3) is 5.91 Å². The van der Waals surface area contributed by atoms with Crippen LogP contribution in [0.15, 0.2) is 36.4 Å². The molecular weight excluding hydrogens is 298 g/mol. The molecule has 2 rings (SSSR count). The van der Waals surface area contributed by atoms with Crippen LogP contribution >= 0.6 is 11.6 Å². The van der Waals surface area contributed by atoms with Gasteiger partial charge in [0.05, 0.1) is 0 Å². The first kappa shape index (κ1) is 15.3. The lowest BCUT2D eigenvalue weighted by Gasteiger charge is -2.07. The zero-order chi connectivity index (χ0) is 15.4. The Morgan fingerprint density at radius 2 is 1.71 bits per heavy atom. The minimum Gasteiger partial charge on any atom is -0.394 e. The second kappa shape index (κ2) is 6.54. The average molecular weight is 311 g/mol. The van der Waals surface area contributed by atoms with Gasteiger partial charge >= 0.3 is 0 Å². The molecule has 0 fully saturated rings. The number of nitrogen functional groups attached to an aromatic ring is 1. The Kier molecular flexibility index (Phi) is 4.75. The molecule has 0 saturated carbocycles. The first-order valence-corrected chi connectivity index (χ1v) is 6.62. The largest absolute Gasteiger partial charge is 0.394 e. The highest BCUT2D eigenvalue weighted by atomic mass is 35.5. The van der Waals surface area contributed by atoms with Gasteiger partial charge in [0.1, 0.15) is 17.3 Å². The Labute approximate surface area is 125 Å². The number of nitrogens with two attached hydrogens (primary N) is 1. The second-order valence-electron chi connectivity index (χ2n) is 4.49. The van der Waals surface area contributed by atoms with E-state index in [2.05, 4.69) is 5.32 Å². The zero-order valence-electron chi connectivity index (χ0n) is 11.0. The molecule has 0 unspecified atom stereocenters. The monoisotopic (exact) mass is 310 g/mol. The van der Waals surface area contributed by atoms with Gasteiger partial charge in [0, 0.05) is 17.1 Å². The van der Waals surface area contributed by atoms with Gasteiger partial charge in [0.2, 0.25) is 0 Å². The standard InChI is InChI=1S/C15H13ClF2N2O/c16-11-3-1-9(2-4-11)5-6-20-15(21)10-7-12(17)14(19)13(18)8-10/h1-4,7-8H,5-6,19H2,(H,20,21). The highest BCUT2D eigenvalue weighted by Gasteiger charge is 2.12. The van der Waals surface area contributed by atoms with Crippen LogP contribution in [0, 0.1) is 11.6 Å². The summed E-state index contributed by atoms with van der Waals surface area (Å²) in [5.74, 6) is -2.45. The normalized spacial score (nSPS) is 10.4. The number of hydrogen-bond acceptors (Lipinski definition) is 2. The maximum absolute atomic E-state index is 13.3. The van der Waals surface area contributed by atoms with Gasteiger partial charge in [-0.2, -0.15) is 0 Å². The summed E-state index contributed by atoms with van der Waals surface area (Å²) >= 11 is 5.77. The van der Waals surface area contributed by atoms with Gasteiger partial charge in [-0.3, -0.25) is 4.79 Å². The Balaban J connectivity index is 1.94. The van der Waals surface area contributed by atoms with Crippen molar-refractivity contribution in [2.45, 2.75) is 6.42 Å². The van der Waals surface area contributed by atoms with E-state index in [1.165, 1.54) is 0 Å². The van der Waals surface area contributed by atoms with Crippen molar-refractivity contribution in [3.63, 3.8) is 0 Å². The van der Waals surface area contributed by atoms with Crippen molar-refractivity contribution in [3.05, 3.63) is 64.2 Å². The van der Waals surface area contributed by atoms with Crippen LogP contribution in [-0.4, -0.2) is 12.5 Å². The van der Waals surface area contributed by atoms with E-state index in [0.717, 1.165) is 17.7 Å². The number of anilines is 1. The highest BCUT2D eigenvalue weighted by molar-refractivity contribution is 6.30. The molecule has 6 heteroatoms. The number of halogens is 3. The SMILES string of the molecule is Nc1c(F)cc(C(=O)NCCc2ccc(Cl)cc2)cc1F. The molecule has 1 amide bonds. The number of rotatable bonds is 4. The van der Waals surface area contributed by atoms with Crippen molar-refractivity contribution in [1.82, 2.24) is 5.32 Å². The summed E-state index contributed by atoms with van der Waals surface area (Å²) in [6.07, 6.45) is 0.586. The molecule has 0 aromatic heterocycles. The molecule has 0 spiro atoms. The van der Waals surface area contributed by atoms with E-state index in [1.807, 2.05) is 12.1 Å². The van der Waals surface area contributed by atoms with Crippen LogP contribution in [0.2, 0.25) is 5.02 Å². The summed E-state index contributed by atoms with van der Waals surface area (Å²) in [7, 11) is 0. The lowest BCUT2D eigenvalue weighted by Crippen LogP contribution is -2.26. The molecule has 2 aromatic rings. The predicted octanol–water partition coefficient (Wildman–Crippen LogP) is 3.17. The van der Waals surface area contributed by atoms with E-state index >= 15 is 0 Å². The van der Waals surface area contributed by atoms with E-state index in [1.54, 1.807) is 12.1 Å². The van der Waals surface area contributed by atoms with Gasteiger partial charge in [-0.15, -0.1) is 0 Å². The molecule has 0 aliphatic heterocycles. The summed E-state index contributed by atoms with van der Waals surface area (Å²) in [6.45, 7) is 0.341. The number of hydrogen-bond donors (Lipinski definition) is 2. The van der Waals surface area contributed by atoms with Crippen molar-refractivity contribution < 1.29 is 13.6 Å². The van der Waals surface area contributed by atoms with Gasteiger partial charge in [-0.05, 0) is 36.2 Å². The van der Waals surface area contributed by atoms with Crippen LogP contribution < -0.4 is 11.1 Å². The second-order valence-corrected chi connectivity index (χ2v) is 4.92. The third-order valence-electron chi connectivity index (χ3n) is 2.95. The van der Waals surface area contributed by atoms with Crippen LogP contribution in [0.5, 0.6) is 0 Å². The summed E-state index contributed by atoms with van der Waals surface area (Å²) in [5, 5.41) is 3.22. The minimum absolute atomic E-state index is 0.102. The molecule has 0 bridgehead atoms. The molecule has 110 valence electrons. The Hall–Kier alpha value is -2.14. The summed E-state index contributed by atoms with van der Waals surface area (Å²) in [5.41, 5.74) is 5.45. The lowest BCUT2D eigenvalue weighted by molar-refractivity contribution is 0.0953. The third-order valence-corrected chi connectivity index (χ3v) is 3.21. The van der Waals surface area contributed by atoms with Gasteiger partial charge in [-0.25, -0.2) is 8.78 Å². The van der Waals surface area contributed by atoms with E-state index in [0.29, 0.717) is 18.0 Å². The van der Waals surface area contributed by atoms with Crippen molar-refractivity contribution in [3.8, 4) is 0 Å². The van der Waals surface area contributed by atoms with Crippen molar-refractivity contribution in [1.29, 1.82) is 0 Å². The summed E-state index contributed by atoms with van der Waals surface area (Å²) in [6, 6.07) is 9.02. The third kappa shape index (κ3) is 3.92. The highest BCUT2D eigenvalue weighted by Crippen LogP contribution is 2.17. The van der Waals surface area contributed by atoms with E-state index in [9.17, 15) is 13.6 Å². The topological polar surface area (TPSA) is 55.1 Å². The fraction of sp³-hybridized carbons (Fsp3) is 0.133. The quantitative estimate of drug-likeness (QED) is 0.852. The molecule has 3 N–H and O–H groups in total. The molecule has 3 nitrogen and oxygen atoms in total. The van der Waals surface area contributed by atoms with Gasteiger partial charge in [0.15, 0.2) is 0 Å². The molecule has 0 atom stereocenters. The average Bonchev–Trinajstić information content (AvgIpc) is 2.46. The zero-order valence-corrected chi connectivity index (χ0v) is 11.8. The number of carbonyl (C=O) groups excluding carboxylic acids is 1. The molecule has 2 aromatic carbocycles.